The number of esters is 1. The second-order valence-electron chi connectivity index (χ2n) is 6.12. The first kappa shape index (κ1) is 16.1. The molecule has 5 nitrogen and oxygen atoms in total. The van der Waals surface area contributed by atoms with Crippen molar-refractivity contribution in [1.82, 2.24) is 5.32 Å². The molecule has 3 aromatic rings. The van der Waals surface area contributed by atoms with Gasteiger partial charge in [-0.05, 0) is 29.3 Å². The smallest absolute Gasteiger partial charge is 0.339 e. The summed E-state index contributed by atoms with van der Waals surface area (Å²) in [5.74, 6) is -0.202. The molecule has 2 atom stereocenters. The van der Waals surface area contributed by atoms with E-state index in [4.69, 9.17) is 9.15 Å². The highest BCUT2D eigenvalue weighted by atomic mass is 16.5. The normalized spacial score (nSPS) is 17.1. The van der Waals surface area contributed by atoms with Crippen molar-refractivity contribution in [3.63, 3.8) is 0 Å². The number of rotatable bonds is 4. The number of fused-ring (bicyclic) bond motifs is 1. The summed E-state index contributed by atoms with van der Waals surface area (Å²) in [6.45, 7) is 0. The first-order chi connectivity index (χ1) is 12.7. The summed E-state index contributed by atoms with van der Waals surface area (Å²) >= 11 is 0. The topological polar surface area (TPSA) is 68.5 Å². The van der Waals surface area contributed by atoms with Crippen LogP contribution >= 0.6 is 0 Å². The average molecular weight is 347 g/mol. The lowest BCUT2D eigenvalue weighted by atomic mass is 9.97. The van der Waals surface area contributed by atoms with Gasteiger partial charge in [-0.1, -0.05) is 48.5 Å². The Morgan fingerprint density at radius 1 is 1.00 bits per heavy atom. The Morgan fingerprint density at radius 3 is 2.54 bits per heavy atom. The molecule has 0 radical (unpaired) electrons. The molecule has 2 unspecified atom stereocenters. The Labute approximate surface area is 150 Å². The second-order valence-corrected chi connectivity index (χ2v) is 6.12. The Kier molecular flexibility index (Phi) is 4.27. The largest absolute Gasteiger partial charge is 0.467 e. The van der Waals surface area contributed by atoms with Crippen LogP contribution in [0.1, 0.15) is 33.3 Å². The van der Waals surface area contributed by atoms with Crippen molar-refractivity contribution in [3.8, 4) is 0 Å². The third-order valence-electron chi connectivity index (χ3n) is 4.43. The highest BCUT2D eigenvalue weighted by Crippen LogP contribution is 2.25. The molecule has 0 aliphatic carbocycles. The zero-order valence-corrected chi connectivity index (χ0v) is 13.9. The molecule has 1 amide bonds. The van der Waals surface area contributed by atoms with Gasteiger partial charge in [0.05, 0.1) is 11.8 Å². The van der Waals surface area contributed by atoms with Gasteiger partial charge in [0.1, 0.15) is 11.8 Å². The summed E-state index contributed by atoms with van der Waals surface area (Å²) in [6.07, 6.45) is 1.06. The molecule has 4 rings (SSSR count). The number of furan rings is 1. The van der Waals surface area contributed by atoms with E-state index in [-0.39, 0.29) is 5.91 Å². The lowest BCUT2D eigenvalue weighted by molar-refractivity contribution is -0.130. The van der Waals surface area contributed by atoms with E-state index in [0.29, 0.717) is 17.7 Å². The molecule has 2 aromatic carbocycles. The molecule has 2 heterocycles. The molecule has 5 heteroatoms. The van der Waals surface area contributed by atoms with Crippen LogP contribution < -0.4 is 5.32 Å². The van der Waals surface area contributed by atoms with Gasteiger partial charge in [-0.2, -0.15) is 0 Å². The molecule has 0 spiro atoms. The lowest BCUT2D eigenvalue weighted by Crippen LogP contribution is -2.43. The number of ether oxygens (including phenoxy) is 1. The molecule has 1 aromatic heterocycles. The highest BCUT2D eigenvalue weighted by molar-refractivity contribution is 5.95. The van der Waals surface area contributed by atoms with Crippen LogP contribution in [-0.2, 0) is 16.0 Å². The molecule has 130 valence electrons. The summed E-state index contributed by atoms with van der Waals surface area (Å²) in [7, 11) is 0. The van der Waals surface area contributed by atoms with Gasteiger partial charge in [0, 0.05) is 6.42 Å². The van der Waals surface area contributed by atoms with E-state index in [0.717, 1.165) is 11.1 Å². The van der Waals surface area contributed by atoms with Crippen LogP contribution in [0.15, 0.2) is 77.4 Å². The Hall–Kier alpha value is -3.34. The SMILES string of the molecule is O=C1OC(C(=O)NC(c2ccccc2)c2ccco2)Cc2ccccc21. The minimum atomic E-state index is -0.862. The predicted octanol–water partition coefficient (Wildman–Crippen LogP) is 3.27. The summed E-state index contributed by atoms with van der Waals surface area (Å²) in [5.41, 5.74) is 2.22. The number of benzene rings is 2. The average Bonchev–Trinajstić information content (AvgIpc) is 3.21. The van der Waals surface area contributed by atoms with Gasteiger partial charge >= 0.3 is 5.97 Å². The third-order valence-corrected chi connectivity index (χ3v) is 4.43. The van der Waals surface area contributed by atoms with E-state index in [1.807, 2.05) is 42.5 Å². The Balaban J connectivity index is 1.57. The maximum atomic E-state index is 12.8. The van der Waals surface area contributed by atoms with Crippen LogP contribution in [0.3, 0.4) is 0 Å². The van der Waals surface area contributed by atoms with Crippen molar-refractivity contribution in [1.29, 1.82) is 0 Å². The Bertz CT molecular complexity index is 918. The van der Waals surface area contributed by atoms with Crippen LogP contribution in [-0.4, -0.2) is 18.0 Å². The fraction of sp³-hybridized carbons (Fsp3) is 0.143. The molecule has 1 N–H and O–H groups in total. The number of cyclic esters (lactones) is 1. The van der Waals surface area contributed by atoms with Gasteiger partial charge in [-0.25, -0.2) is 4.79 Å². The van der Waals surface area contributed by atoms with Crippen LogP contribution in [0.5, 0.6) is 0 Å². The van der Waals surface area contributed by atoms with Gasteiger partial charge in [0.15, 0.2) is 6.10 Å². The number of hydrogen-bond donors (Lipinski definition) is 1. The van der Waals surface area contributed by atoms with Crippen molar-refractivity contribution >= 4 is 11.9 Å². The van der Waals surface area contributed by atoms with Crippen LogP contribution in [0.25, 0.3) is 0 Å². The number of hydrogen-bond acceptors (Lipinski definition) is 4. The Morgan fingerprint density at radius 2 is 1.77 bits per heavy atom. The zero-order valence-electron chi connectivity index (χ0n) is 13.9. The molecular formula is C21H17NO4. The first-order valence-electron chi connectivity index (χ1n) is 8.40. The molecular weight excluding hydrogens is 330 g/mol. The number of carbonyl (C=O) groups excluding carboxylic acids is 2. The van der Waals surface area contributed by atoms with Crippen molar-refractivity contribution in [3.05, 3.63) is 95.4 Å². The van der Waals surface area contributed by atoms with E-state index in [1.54, 1.807) is 30.5 Å². The third kappa shape index (κ3) is 3.11. The predicted molar refractivity (Wildman–Crippen MR) is 94.5 cm³/mol. The summed E-state index contributed by atoms with van der Waals surface area (Å²) in [6, 6.07) is 19.8. The van der Waals surface area contributed by atoms with Gasteiger partial charge in [0.2, 0.25) is 0 Å². The van der Waals surface area contributed by atoms with E-state index < -0.39 is 18.1 Å². The molecule has 26 heavy (non-hydrogen) atoms. The molecule has 0 saturated carbocycles. The van der Waals surface area contributed by atoms with E-state index in [9.17, 15) is 9.59 Å². The van der Waals surface area contributed by atoms with Gasteiger partial charge in [-0.3, -0.25) is 4.79 Å². The highest BCUT2D eigenvalue weighted by Gasteiger charge is 2.33. The zero-order chi connectivity index (χ0) is 17.9. The molecule has 0 saturated heterocycles. The molecule has 0 fully saturated rings. The summed E-state index contributed by atoms with van der Waals surface area (Å²) in [5, 5.41) is 2.95. The van der Waals surface area contributed by atoms with Crippen LogP contribution in [0, 0.1) is 0 Å². The van der Waals surface area contributed by atoms with Crippen molar-refractivity contribution < 1.29 is 18.7 Å². The molecule has 1 aliphatic heterocycles. The maximum absolute atomic E-state index is 12.8. The lowest BCUT2D eigenvalue weighted by Gasteiger charge is -2.26. The standard InChI is InChI=1S/C21H17NO4/c23-20(18-13-15-9-4-5-10-16(15)21(24)26-18)22-19(17-11-6-12-25-17)14-7-2-1-3-8-14/h1-12,18-19H,13H2,(H,22,23). The van der Waals surface area contributed by atoms with Gasteiger partial charge < -0.3 is 14.5 Å². The molecule has 0 bridgehead atoms. The fourth-order valence-electron chi connectivity index (χ4n) is 3.13. The van der Waals surface area contributed by atoms with Crippen LogP contribution in [0.4, 0.5) is 0 Å². The second kappa shape index (κ2) is 6.88. The first-order valence-corrected chi connectivity index (χ1v) is 8.40. The maximum Gasteiger partial charge on any atom is 0.339 e. The van der Waals surface area contributed by atoms with E-state index in [2.05, 4.69) is 5.32 Å². The number of carbonyl (C=O) groups is 2. The minimum absolute atomic E-state index is 0.349. The van der Waals surface area contributed by atoms with Crippen molar-refractivity contribution in [2.24, 2.45) is 0 Å². The summed E-state index contributed by atoms with van der Waals surface area (Å²) < 4.78 is 10.8. The monoisotopic (exact) mass is 347 g/mol. The molecule has 1 aliphatic rings. The van der Waals surface area contributed by atoms with Gasteiger partial charge in [0.25, 0.3) is 5.91 Å². The number of amides is 1. The quantitative estimate of drug-likeness (QED) is 0.736. The fourth-order valence-corrected chi connectivity index (χ4v) is 3.13. The van der Waals surface area contributed by atoms with Crippen molar-refractivity contribution in [2.75, 3.05) is 0 Å². The number of nitrogens with one attached hydrogen (secondary N) is 1. The van der Waals surface area contributed by atoms with E-state index in [1.165, 1.54) is 0 Å². The summed E-state index contributed by atoms with van der Waals surface area (Å²) in [4.78, 5) is 25.0. The van der Waals surface area contributed by atoms with E-state index >= 15 is 0 Å². The van der Waals surface area contributed by atoms with Crippen LogP contribution in [0.2, 0.25) is 0 Å². The minimum Gasteiger partial charge on any atom is -0.467 e. The van der Waals surface area contributed by atoms with Gasteiger partial charge in [-0.15, -0.1) is 0 Å². The van der Waals surface area contributed by atoms with Crippen molar-refractivity contribution in [2.45, 2.75) is 18.6 Å².